The maximum Gasteiger partial charge on any atom is 0.253 e. The Morgan fingerprint density at radius 1 is 1.06 bits per heavy atom. The summed E-state index contributed by atoms with van der Waals surface area (Å²) in [4.78, 5) is 31.5. The largest absolute Gasteiger partial charge is 0.497 e. The Labute approximate surface area is 198 Å². The molecule has 1 heterocycles. The lowest BCUT2D eigenvalue weighted by Crippen LogP contribution is -2.37. The molecule has 0 aliphatic heterocycles. The first kappa shape index (κ1) is 23.5. The minimum atomic E-state index is -0.518. The highest BCUT2D eigenvalue weighted by molar-refractivity contribution is 5.84. The predicted octanol–water partition coefficient (Wildman–Crippen LogP) is 3.90. The van der Waals surface area contributed by atoms with Crippen molar-refractivity contribution in [2.75, 3.05) is 37.4 Å². The van der Waals surface area contributed by atoms with Gasteiger partial charge in [-0.2, -0.15) is 0 Å². The molecule has 3 aromatic carbocycles. The Bertz CT molecular complexity index is 1350. The lowest BCUT2D eigenvalue weighted by atomic mass is 10.1. The molecular formula is C26H31N5O3. The van der Waals surface area contributed by atoms with E-state index in [-0.39, 0.29) is 11.7 Å². The van der Waals surface area contributed by atoms with Crippen LogP contribution in [0.25, 0.3) is 11.0 Å². The molecule has 4 aromatic rings. The minimum absolute atomic E-state index is 0.178. The third-order valence-corrected chi connectivity index (χ3v) is 6.31. The Morgan fingerprint density at radius 2 is 1.82 bits per heavy atom. The molecule has 1 aromatic heterocycles. The Morgan fingerprint density at radius 3 is 2.56 bits per heavy atom. The van der Waals surface area contributed by atoms with Gasteiger partial charge in [-0.25, -0.2) is 4.98 Å². The summed E-state index contributed by atoms with van der Waals surface area (Å²) in [5.41, 5.74) is 3.12. The van der Waals surface area contributed by atoms with Crippen molar-refractivity contribution in [2.24, 2.45) is 0 Å². The molecule has 8 heteroatoms. The van der Waals surface area contributed by atoms with Crippen molar-refractivity contribution in [1.82, 2.24) is 14.5 Å². The Balaban J connectivity index is 1.53. The number of hydrogen-bond donors (Lipinski definition) is 2. The zero-order valence-corrected chi connectivity index (χ0v) is 20.1. The predicted molar refractivity (Wildman–Crippen MR) is 137 cm³/mol. The Kier molecular flexibility index (Phi) is 6.98. The first-order valence-corrected chi connectivity index (χ1v) is 11.6. The summed E-state index contributed by atoms with van der Waals surface area (Å²) in [6, 6.07) is 13.2. The van der Waals surface area contributed by atoms with Crippen LogP contribution in [0, 0.1) is 0 Å². The van der Waals surface area contributed by atoms with Gasteiger partial charge >= 0.3 is 0 Å². The molecular weight excluding hydrogens is 430 g/mol. The number of imidazole rings is 1. The lowest BCUT2D eigenvalue weighted by Gasteiger charge is -2.20. The molecule has 4 rings (SSSR count). The van der Waals surface area contributed by atoms with Crippen molar-refractivity contribution in [3.05, 3.63) is 74.8 Å². The average molecular weight is 462 g/mol. The molecule has 0 unspecified atom stereocenters. The zero-order chi connectivity index (χ0) is 24.2. The number of nitrogens with one attached hydrogen (secondary N) is 2. The van der Waals surface area contributed by atoms with Crippen molar-refractivity contribution >= 4 is 28.1 Å². The van der Waals surface area contributed by atoms with E-state index in [2.05, 4.69) is 38.9 Å². The molecule has 34 heavy (non-hydrogen) atoms. The number of methoxy groups -OCH3 is 1. The van der Waals surface area contributed by atoms with Crippen molar-refractivity contribution in [3.8, 4) is 5.75 Å². The average Bonchev–Trinajstić information content (AvgIpc) is 3.28. The van der Waals surface area contributed by atoms with Crippen molar-refractivity contribution in [1.29, 1.82) is 0 Å². The van der Waals surface area contributed by atoms with Crippen molar-refractivity contribution < 1.29 is 4.74 Å². The second-order valence-corrected chi connectivity index (χ2v) is 8.34. The van der Waals surface area contributed by atoms with E-state index >= 15 is 0 Å². The van der Waals surface area contributed by atoms with Gasteiger partial charge in [-0.3, -0.25) is 9.59 Å². The van der Waals surface area contributed by atoms with E-state index in [1.54, 1.807) is 7.11 Å². The van der Waals surface area contributed by atoms with E-state index in [0.717, 1.165) is 54.2 Å². The fraction of sp³-hybridized carbons (Fsp3) is 0.346. The number of hydrogen-bond acceptors (Lipinski definition) is 7. The van der Waals surface area contributed by atoms with Gasteiger partial charge in [0.15, 0.2) is 0 Å². The van der Waals surface area contributed by atoms with E-state index in [9.17, 15) is 9.59 Å². The second-order valence-electron chi connectivity index (χ2n) is 8.34. The second kappa shape index (κ2) is 10.1. The molecule has 0 saturated carbocycles. The molecule has 0 aliphatic carbocycles. The van der Waals surface area contributed by atoms with Gasteiger partial charge in [-0.05, 0) is 55.9 Å². The van der Waals surface area contributed by atoms with Crippen LogP contribution >= 0.6 is 0 Å². The molecule has 8 nitrogen and oxygen atoms in total. The van der Waals surface area contributed by atoms with Gasteiger partial charge in [0.2, 0.25) is 0 Å². The zero-order valence-electron chi connectivity index (χ0n) is 20.1. The number of anilines is 3. The van der Waals surface area contributed by atoms with E-state index in [1.807, 2.05) is 55.7 Å². The summed E-state index contributed by atoms with van der Waals surface area (Å²) in [7, 11) is 1.61. The van der Waals surface area contributed by atoms with E-state index in [0.29, 0.717) is 5.69 Å². The first-order valence-electron chi connectivity index (χ1n) is 11.6. The molecule has 0 aliphatic rings. The van der Waals surface area contributed by atoms with Crippen LogP contribution in [0.1, 0.15) is 32.4 Å². The minimum Gasteiger partial charge on any atom is -0.497 e. The number of ether oxygens (including phenoxy) is 1. The van der Waals surface area contributed by atoms with Crippen LogP contribution in [0.3, 0.4) is 0 Å². The van der Waals surface area contributed by atoms with Crippen LogP contribution in [-0.2, 0) is 6.54 Å². The lowest BCUT2D eigenvalue weighted by molar-refractivity contribution is 0.292. The Hall–Kier alpha value is -3.65. The van der Waals surface area contributed by atoms with Gasteiger partial charge in [0, 0.05) is 24.8 Å². The highest BCUT2D eigenvalue weighted by Crippen LogP contribution is 2.28. The van der Waals surface area contributed by atoms with Crippen molar-refractivity contribution in [2.45, 2.75) is 33.4 Å². The topological polar surface area (TPSA) is 88.5 Å². The third-order valence-electron chi connectivity index (χ3n) is 6.31. The van der Waals surface area contributed by atoms with Crippen LogP contribution in [-0.4, -0.2) is 41.2 Å². The number of rotatable bonds is 11. The van der Waals surface area contributed by atoms with Crippen LogP contribution in [0.4, 0.5) is 17.1 Å². The van der Waals surface area contributed by atoms with E-state index in [1.165, 1.54) is 0 Å². The normalized spacial score (nSPS) is 12.4. The number of benzene rings is 2. The summed E-state index contributed by atoms with van der Waals surface area (Å²) >= 11 is 0. The number of fused-ring (bicyclic) bond motifs is 1. The molecule has 0 amide bonds. The highest BCUT2D eigenvalue weighted by Gasteiger charge is 2.23. The van der Waals surface area contributed by atoms with Gasteiger partial charge in [-0.1, -0.05) is 26.0 Å². The number of aromatic nitrogens is 2. The summed E-state index contributed by atoms with van der Waals surface area (Å²) in [5.74, 6) is 0.736. The van der Waals surface area contributed by atoms with Gasteiger partial charge in [0.1, 0.15) is 17.1 Å². The molecule has 0 bridgehead atoms. The fourth-order valence-corrected chi connectivity index (χ4v) is 4.11. The van der Waals surface area contributed by atoms with Gasteiger partial charge < -0.3 is 24.8 Å². The molecule has 1 atom stereocenters. The first-order chi connectivity index (χ1) is 16.4. The van der Waals surface area contributed by atoms with Gasteiger partial charge in [0.25, 0.3) is 10.9 Å². The molecule has 178 valence electrons. The highest BCUT2D eigenvalue weighted by atomic mass is 16.5. The van der Waals surface area contributed by atoms with E-state index in [4.69, 9.17) is 4.74 Å². The molecule has 2 N–H and O–H groups in total. The maximum atomic E-state index is 12.4. The van der Waals surface area contributed by atoms with Crippen LogP contribution in [0.5, 0.6) is 5.75 Å². The molecule has 0 fully saturated rings. The van der Waals surface area contributed by atoms with E-state index < -0.39 is 10.9 Å². The monoisotopic (exact) mass is 461 g/mol. The number of likely N-dealkylation sites (N-methyl/N-ethyl adjacent to an activating group) is 1. The molecule has 0 saturated heterocycles. The maximum absolute atomic E-state index is 12.4. The molecule has 0 radical (unpaired) electrons. The summed E-state index contributed by atoms with van der Waals surface area (Å²) in [6.07, 6.45) is 1.85. The third kappa shape index (κ3) is 4.68. The SMILES string of the molecule is CCN(CC)CCn1cnc2ccc(Nc3c(N[C@H](C)c4cccc(OC)c4)c(=O)c3=O)cc21. The fourth-order valence-electron chi connectivity index (χ4n) is 4.11. The van der Waals surface area contributed by atoms with Crippen LogP contribution in [0.2, 0.25) is 0 Å². The van der Waals surface area contributed by atoms with Crippen molar-refractivity contribution in [3.63, 3.8) is 0 Å². The summed E-state index contributed by atoms with van der Waals surface area (Å²) < 4.78 is 7.40. The van der Waals surface area contributed by atoms with Crippen LogP contribution < -0.4 is 26.2 Å². The summed E-state index contributed by atoms with van der Waals surface area (Å²) in [5, 5.41) is 6.35. The smallest absolute Gasteiger partial charge is 0.253 e. The van der Waals surface area contributed by atoms with Gasteiger partial charge in [-0.15, -0.1) is 0 Å². The number of nitrogens with zero attached hydrogens (tertiary/aromatic N) is 3. The standard InChI is InChI=1S/C26H31N5O3/c1-5-30(6-2)12-13-31-16-27-21-11-10-19(15-22(21)31)29-24-23(25(32)26(24)33)28-17(3)18-8-7-9-20(14-18)34-4/h7-11,14-17,28-29H,5-6,12-13H2,1-4H3/t17-/m1/s1. The summed E-state index contributed by atoms with van der Waals surface area (Å²) in [6.45, 7) is 10.0. The quantitative estimate of drug-likeness (QED) is 0.328. The van der Waals surface area contributed by atoms with Gasteiger partial charge in [0.05, 0.1) is 24.5 Å². The van der Waals surface area contributed by atoms with Crippen LogP contribution in [0.15, 0.2) is 58.4 Å². The molecule has 0 spiro atoms.